The Morgan fingerprint density at radius 2 is 1.38 bits per heavy atom. The van der Waals surface area contributed by atoms with Crippen molar-refractivity contribution in [2.24, 2.45) is 0 Å². The Balaban J connectivity index is 0.000000154. The summed E-state index contributed by atoms with van der Waals surface area (Å²) in [6, 6.07) is 46.9. The van der Waals surface area contributed by atoms with Crippen LogP contribution >= 0.6 is 0 Å². The van der Waals surface area contributed by atoms with E-state index in [-0.39, 0.29) is 20.1 Å². The summed E-state index contributed by atoms with van der Waals surface area (Å²) >= 11 is 0. The quantitative estimate of drug-likeness (QED) is 0.175. The molecule has 0 saturated carbocycles. The van der Waals surface area contributed by atoms with E-state index in [0.29, 0.717) is 0 Å². The fourth-order valence-electron chi connectivity index (χ4n) is 4.51. The SMILES string of the molecule is [Ir].[c-]1ccc2c(oc3ccccc32)c1-c1ccccn1.[c-]1ccccc1-c1cc(Cc2ccccc2)ccn1. The van der Waals surface area contributed by atoms with Crippen LogP contribution in [0.1, 0.15) is 11.1 Å². The predicted molar refractivity (Wildman–Crippen MR) is 154 cm³/mol. The molecule has 39 heavy (non-hydrogen) atoms. The van der Waals surface area contributed by atoms with Crippen molar-refractivity contribution in [2.75, 3.05) is 0 Å². The van der Waals surface area contributed by atoms with Gasteiger partial charge in [0.05, 0.1) is 5.58 Å². The molecular weight excluding hydrogens is 657 g/mol. The molecule has 0 aliphatic carbocycles. The first-order valence-electron chi connectivity index (χ1n) is 12.5. The summed E-state index contributed by atoms with van der Waals surface area (Å²) in [5.74, 6) is 0. The van der Waals surface area contributed by atoms with Crippen molar-refractivity contribution in [3.8, 4) is 22.5 Å². The molecule has 0 unspecified atom stereocenters. The van der Waals surface area contributed by atoms with Crippen LogP contribution in [0.15, 0.2) is 138 Å². The van der Waals surface area contributed by atoms with Gasteiger partial charge in [0.2, 0.25) is 0 Å². The Bertz CT molecular complexity index is 1780. The molecule has 3 heterocycles. The summed E-state index contributed by atoms with van der Waals surface area (Å²) in [4.78, 5) is 8.80. The molecule has 0 spiro atoms. The fourth-order valence-corrected chi connectivity index (χ4v) is 4.51. The van der Waals surface area contributed by atoms with Crippen LogP contribution < -0.4 is 0 Å². The van der Waals surface area contributed by atoms with Crippen LogP contribution in [0.5, 0.6) is 0 Å². The van der Waals surface area contributed by atoms with Crippen molar-refractivity contribution in [2.45, 2.75) is 6.42 Å². The van der Waals surface area contributed by atoms with Crippen molar-refractivity contribution >= 4 is 21.9 Å². The standard InChI is InChI=1S/C18H14N.C17H10NO.Ir/c1-3-7-15(8-4-1)13-16-11-12-19-18(14-16)17-9-5-2-6-10-17;1-2-10-16-12(6-1)13-7-5-8-14(17(13)19-16)15-9-3-4-11-18-15;/h1-9,11-12,14H,13H2;1-7,9-11H;/q2*-1;. The minimum absolute atomic E-state index is 0. The Morgan fingerprint density at radius 1 is 0.590 bits per heavy atom. The number of fused-ring (bicyclic) bond motifs is 3. The van der Waals surface area contributed by atoms with Gasteiger partial charge in [-0.05, 0) is 47.1 Å². The van der Waals surface area contributed by atoms with Crippen LogP contribution in [0.2, 0.25) is 0 Å². The van der Waals surface area contributed by atoms with Crippen LogP contribution in [0.4, 0.5) is 0 Å². The number of aromatic nitrogens is 2. The van der Waals surface area contributed by atoms with Gasteiger partial charge in [-0.3, -0.25) is 0 Å². The maximum atomic E-state index is 5.97. The smallest absolute Gasteiger partial charge is 0.120 e. The van der Waals surface area contributed by atoms with Crippen molar-refractivity contribution in [1.82, 2.24) is 9.97 Å². The molecule has 0 fully saturated rings. The largest absolute Gasteiger partial charge is 0.501 e. The van der Waals surface area contributed by atoms with E-state index in [1.165, 1.54) is 11.1 Å². The van der Waals surface area contributed by atoms with Gasteiger partial charge < -0.3 is 14.4 Å². The number of benzene rings is 4. The monoisotopic (exact) mass is 681 g/mol. The molecule has 7 aromatic rings. The molecule has 3 aromatic heterocycles. The van der Waals surface area contributed by atoms with E-state index in [4.69, 9.17) is 4.42 Å². The van der Waals surface area contributed by atoms with Gasteiger partial charge >= 0.3 is 0 Å². The van der Waals surface area contributed by atoms with Crippen LogP contribution in [-0.4, -0.2) is 9.97 Å². The third-order valence-electron chi connectivity index (χ3n) is 6.32. The number of nitrogens with zero attached hydrogens (tertiary/aromatic N) is 2. The zero-order chi connectivity index (χ0) is 25.6. The molecule has 4 heteroatoms. The van der Waals surface area contributed by atoms with Crippen LogP contribution in [-0.2, 0) is 26.5 Å². The molecule has 7 rings (SSSR count). The Morgan fingerprint density at radius 3 is 2.21 bits per heavy atom. The van der Waals surface area contributed by atoms with E-state index >= 15 is 0 Å². The minimum atomic E-state index is 0. The Hall–Kier alpha value is -4.37. The number of para-hydroxylation sites is 1. The number of hydrogen-bond acceptors (Lipinski definition) is 3. The van der Waals surface area contributed by atoms with Crippen molar-refractivity contribution in [3.63, 3.8) is 0 Å². The Labute approximate surface area is 241 Å². The summed E-state index contributed by atoms with van der Waals surface area (Å²) in [7, 11) is 0. The average molecular weight is 681 g/mol. The second-order valence-electron chi connectivity index (χ2n) is 8.90. The van der Waals surface area contributed by atoms with Gasteiger partial charge in [-0.2, -0.15) is 0 Å². The van der Waals surface area contributed by atoms with Gasteiger partial charge in [0.1, 0.15) is 5.58 Å². The van der Waals surface area contributed by atoms with Crippen molar-refractivity contribution in [3.05, 3.63) is 157 Å². The first kappa shape index (κ1) is 26.2. The molecule has 0 bridgehead atoms. The molecule has 0 saturated heterocycles. The van der Waals surface area contributed by atoms with Crippen molar-refractivity contribution < 1.29 is 24.5 Å². The molecule has 0 amide bonds. The molecule has 4 aromatic carbocycles. The molecule has 0 aliphatic rings. The molecule has 0 N–H and O–H groups in total. The fraction of sp³-hybridized carbons (Fsp3) is 0.0286. The van der Waals surface area contributed by atoms with Crippen molar-refractivity contribution in [1.29, 1.82) is 0 Å². The summed E-state index contributed by atoms with van der Waals surface area (Å²) in [5.41, 5.74) is 8.15. The molecule has 1 radical (unpaired) electrons. The third-order valence-corrected chi connectivity index (χ3v) is 6.32. The summed E-state index contributed by atoms with van der Waals surface area (Å²) < 4.78 is 5.97. The topological polar surface area (TPSA) is 38.9 Å². The predicted octanol–water partition coefficient (Wildman–Crippen LogP) is 8.59. The summed E-state index contributed by atoms with van der Waals surface area (Å²) in [6.07, 6.45) is 4.59. The van der Waals surface area contributed by atoms with E-state index in [0.717, 1.165) is 50.9 Å². The second kappa shape index (κ2) is 12.4. The number of pyridine rings is 2. The first-order valence-corrected chi connectivity index (χ1v) is 12.5. The van der Waals surface area contributed by atoms with E-state index in [9.17, 15) is 0 Å². The van der Waals surface area contributed by atoms with E-state index < -0.39 is 0 Å². The molecule has 0 aliphatic heterocycles. The first-order chi connectivity index (χ1) is 18.8. The number of furan rings is 1. The van der Waals surface area contributed by atoms with Gasteiger partial charge in [0, 0.05) is 37.9 Å². The average Bonchev–Trinajstić information content (AvgIpc) is 3.38. The number of rotatable bonds is 4. The van der Waals surface area contributed by atoms with Gasteiger partial charge in [-0.15, -0.1) is 54.1 Å². The number of hydrogen-bond donors (Lipinski definition) is 0. The minimum Gasteiger partial charge on any atom is -0.501 e. The van der Waals surface area contributed by atoms with Gasteiger partial charge in [-0.25, -0.2) is 0 Å². The normalized spacial score (nSPS) is 10.5. The second-order valence-corrected chi connectivity index (χ2v) is 8.90. The van der Waals surface area contributed by atoms with E-state index in [1.807, 2.05) is 85.1 Å². The maximum Gasteiger partial charge on any atom is 0.120 e. The van der Waals surface area contributed by atoms with Crippen LogP contribution in [0.3, 0.4) is 0 Å². The zero-order valence-electron chi connectivity index (χ0n) is 21.0. The molecule has 0 atom stereocenters. The van der Waals surface area contributed by atoms with Crippen LogP contribution in [0.25, 0.3) is 44.5 Å². The maximum absolute atomic E-state index is 5.97. The van der Waals surface area contributed by atoms with Crippen LogP contribution in [0, 0.1) is 12.1 Å². The van der Waals surface area contributed by atoms with E-state index in [1.54, 1.807) is 6.20 Å². The van der Waals surface area contributed by atoms with Gasteiger partial charge in [0.15, 0.2) is 0 Å². The van der Waals surface area contributed by atoms with E-state index in [2.05, 4.69) is 64.6 Å². The van der Waals surface area contributed by atoms with Gasteiger partial charge in [-0.1, -0.05) is 77.7 Å². The molecule has 3 nitrogen and oxygen atoms in total. The Kier molecular flexibility index (Phi) is 8.38. The zero-order valence-corrected chi connectivity index (χ0v) is 23.4. The summed E-state index contributed by atoms with van der Waals surface area (Å²) in [6.45, 7) is 0. The molecular formula is C35H24IrN2O-2. The van der Waals surface area contributed by atoms with Gasteiger partial charge in [0.25, 0.3) is 0 Å². The third kappa shape index (κ3) is 6.04. The molecule has 191 valence electrons. The summed E-state index contributed by atoms with van der Waals surface area (Å²) in [5, 5.41) is 2.23.